The predicted molar refractivity (Wildman–Crippen MR) is 111 cm³/mol. The number of carbonyl (C=O) groups excluding carboxylic acids is 2. The zero-order valence-electron chi connectivity index (χ0n) is 18.0. The second kappa shape index (κ2) is 6.79. The van der Waals surface area contributed by atoms with Gasteiger partial charge < -0.3 is 4.74 Å². The molecular weight excluding hydrogens is 348 g/mol. The number of ketones is 1. The van der Waals surface area contributed by atoms with Crippen molar-refractivity contribution in [2.75, 3.05) is 0 Å². The van der Waals surface area contributed by atoms with E-state index in [2.05, 4.69) is 46.8 Å². The van der Waals surface area contributed by atoms with Gasteiger partial charge in [-0.05, 0) is 87.7 Å². The number of fused-ring (bicyclic) bond motifs is 3. The van der Waals surface area contributed by atoms with Gasteiger partial charge in [-0.15, -0.1) is 0 Å². The lowest BCUT2D eigenvalue weighted by molar-refractivity contribution is -0.119. The molecule has 4 aliphatic rings. The molecule has 0 N–H and O–H groups in total. The molecule has 1 aliphatic heterocycles. The van der Waals surface area contributed by atoms with Crippen LogP contribution in [-0.4, -0.2) is 23.8 Å². The van der Waals surface area contributed by atoms with Crippen LogP contribution in [0.3, 0.4) is 0 Å². The Morgan fingerprint density at radius 3 is 2.71 bits per heavy atom. The maximum atomic E-state index is 12.6. The van der Waals surface area contributed by atoms with E-state index >= 15 is 0 Å². The first kappa shape index (κ1) is 19.8. The van der Waals surface area contributed by atoms with Gasteiger partial charge in [-0.3, -0.25) is 9.59 Å². The van der Waals surface area contributed by atoms with E-state index in [4.69, 9.17) is 4.74 Å². The molecule has 28 heavy (non-hydrogen) atoms. The molecule has 2 fully saturated rings. The second-order valence-corrected chi connectivity index (χ2v) is 10.3. The molecule has 1 saturated heterocycles. The van der Waals surface area contributed by atoms with Gasteiger partial charge in [-0.1, -0.05) is 37.1 Å². The largest absolute Gasteiger partial charge is 0.367 e. The first-order chi connectivity index (χ1) is 13.2. The zero-order chi connectivity index (χ0) is 20.3. The fraction of sp³-hybridized carbons (Fsp3) is 0.680. The highest BCUT2D eigenvalue weighted by atomic mass is 16.5. The van der Waals surface area contributed by atoms with E-state index in [0.717, 1.165) is 44.0 Å². The maximum absolute atomic E-state index is 12.6. The van der Waals surface area contributed by atoms with Gasteiger partial charge in [0, 0.05) is 0 Å². The summed E-state index contributed by atoms with van der Waals surface area (Å²) in [6.45, 7) is 11.1. The minimum atomic E-state index is -0.257. The molecule has 1 spiro atoms. The van der Waals surface area contributed by atoms with Gasteiger partial charge in [-0.25, -0.2) is 0 Å². The average Bonchev–Trinajstić information content (AvgIpc) is 3.14. The second-order valence-electron chi connectivity index (χ2n) is 10.3. The summed E-state index contributed by atoms with van der Waals surface area (Å²) in [5, 5.41) is 0. The summed E-state index contributed by atoms with van der Waals surface area (Å²) < 4.78 is 6.82. The highest BCUT2D eigenvalue weighted by Crippen LogP contribution is 2.63. The summed E-state index contributed by atoms with van der Waals surface area (Å²) in [5.41, 5.74) is 3.18. The smallest absolute Gasteiger partial charge is 0.163 e. The van der Waals surface area contributed by atoms with Crippen molar-refractivity contribution in [3.63, 3.8) is 0 Å². The van der Waals surface area contributed by atoms with E-state index in [9.17, 15) is 9.59 Å². The molecule has 152 valence electrons. The van der Waals surface area contributed by atoms with Crippen LogP contribution in [0, 0.1) is 29.1 Å². The van der Waals surface area contributed by atoms with Crippen LogP contribution in [0.5, 0.6) is 0 Å². The van der Waals surface area contributed by atoms with Gasteiger partial charge >= 0.3 is 0 Å². The summed E-state index contributed by atoms with van der Waals surface area (Å²) >= 11 is 0. The standard InChI is InChI=1S/C25H34O3/c1-15(2)10-19-12-17(4)25(28-19)9-8-24(5)13-20-16(3)11-21(27)23(20)18(14-26)6-7-22(24)25/h6,10-11,14,17,19-20,22-23H,7-9,12-13H2,1-5H3/b18-6-/t17-,19+,20+,22+,23+,24-,25-/m0/s1. The number of hydrogen-bond donors (Lipinski definition) is 0. The van der Waals surface area contributed by atoms with Crippen LogP contribution < -0.4 is 0 Å². The number of ether oxygens (including phenoxy) is 1. The Kier molecular flexibility index (Phi) is 4.81. The van der Waals surface area contributed by atoms with Gasteiger partial charge in [-0.2, -0.15) is 0 Å². The van der Waals surface area contributed by atoms with E-state index in [0.29, 0.717) is 17.4 Å². The summed E-state index contributed by atoms with van der Waals surface area (Å²) in [4.78, 5) is 24.4. The molecule has 3 nitrogen and oxygen atoms in total. The highest BCUT2D eigenvalue weighted by molar-refractivity contribution is 6.01. The molecule has 0 amide bonds. The molecule has 0 bridgehead atoms. The normalized spacial score (nSPS) is 46.9. The lowest BCUT2D eigenvalue weighted by atomic mass is 9.62. The summed E-state index contributed by atoms with van der Waals surface area (Å²) in [6, 6.07) is 0. The van der Waals surface area contributed by atoms with Crippen molar-refractivity contribution in [1.82, 2.24) is 0 Å². The number of allylic oxidation sites excluding steroid dienone is 5. The Bertz CT molecular complexity index is 784. The maximum Gasteiger partial charge on any atom is 0.163 e. The van der Waals surface area contributed by atoms with Crippen LogP contribution in [0.2, 0.25) is 0 Å². The van der Waals surface area contributed by atoms with Crippen molar-refractivity contribution >= 4 is 12.1 Å². The molecule has 3 heteroatoms. The molecular formula is C25H34O3. The molecule has 0 aromatic heterocycles. The molecule has 0 unspecified atom stereocenters. The van der Waals surface area contributed by atoms with E-state index in [1.807, 2.05) is 0 Å². The minimum Gasteiger partial charge on any atom is -0.367 e. The van der Waals surface area contributed by atoms with Crippen molar-refractivity contribution in [2.45, 2.75) is 78.4 Å². The Morgan fingerprint density at radius 2 is 2.04 bits per heavy atom. The van der Waals surface area contributed by atoms with Gasteiger partial charge in [0.2, 0.25) is 0 Å². The highest BCUT2D eigenvalue weighted by Gasteiger charge is 2.61. The quantitative estimate of drug-likeness (QED) is 0.486. The number of aldehydes is 1. The van der Waals surface area contributed by atoms with Gasteiger partial charge in [0.1, 0.15) is 6.29 Å². The molecule has 4 rings (SSSR count). The van der Waals surface area contributed by atoms with Crippen molar-refractivity contribution < 1.29 is 14.3 Å². The lowest BCUT2D eigenvalue weighted by Gasteiger charge is -2.44. The zero-order valence-corrected chi connectivity index (χ0v) is 18.0. The molecule has 3 aliphatic carbocycles. The van der Waals surface area contributed by atoms with Crippen LogP contribution >= 0.6 is 0 Å². The SMILES string of the molecule is CC(C)=C[C@@H]1C[C@H](C)[C@]2(CC[C@@]3(C)C[C@@H]4C(C)=CC(=O)[C@@H]4/C(C=O)=C\C[C@H]32)O1. The number of rotatable bonds is 2. The molecule has 0 aromatic carbocycles. The van der Waals surface area contributed by atoms with E-state index in [1.54, 1.807) is 6.08 Å². The van der Waals surface area contributed by atoms with Crippen molar-refractivity contribution in [1.29, 1.82) is 0 Å². The molecule has 0 aromatic rings. The summed E-state index contributed by atoms with van der Waals surface area (Å²) in [5.74, 6) is 0.920. The van der Waals surface area contributed by atoms with Gasteiger partial charge in [0.25, 0.3) is 0 Å². The molecule has 7 atom stereocenters. The predicted octanol–water partition coefficient (Wildman–Crippen LogP) is 5.21. The summed E-state index contributed by atoms with van der Waals surface area (Å²) in [7, 11) is 0. The summed E-state index contributed by atoms with van der Waals surface area (Å²) in [6.07, 6.45) is 12.4. The molecule has 1 saturated carbocycles. The van der Waals surface area contributed by atoms with Crippen molar-refractivity contribution in [3.8, 4) is 0 Å². The number of hydrogen-bond acceptors (Lipinski definition) is 3. The van der Waals surface area contributed by atoms with Crippen LogP contribution in [-0.2, 0) is 14.3 Å². The minimum absolute atomic E-state index is 0.108. The monoisotopic (exact) mass is 382 g/mol. The van der Waals surface area contributed by atoms with Crippen LogP contribution in [0.1, 0.15) is 66.7 Å². The Morgan fingerprint density at radius 1 is 1.29 bits per heavy atom. The Labute approximate surface area is 169 Å². The third-order valence-electron chi connectivity index (χ3n) is 8.26. The fourth-order valence-corrected chi connectivity index (χ4v) is 6.91. The van der Waals surface area contributed by atoms with Gasteiger partial charge in [0.15, 0.2) is 5.78 Å². The van der Waals surface area contributed by atoms with E-state index in [1.165, 1.54) is 5.57 Å². The van der Waals surface area contributed by atoms with E-state index < -0.39 is 0 Å². The topological polar surface area (TPSA) is 43.4 Å². The third-order valence-corrected chi connectivity index (χ3v) is 8.26. The third kappa shape index (κ3) is 2.89. The lowest BCUT2D eigenvalue weighted by Crippen LogP contribution is -2.44. The van der Waals surface area contributed by atoms with E-state index in [-0.39, 0.29) is 34.7 Å². The van der Waals surface area contributed by atoms with Crippen molar-refractivity contribution in [2.24, 2.45) is 29.1 Å². The van der Waals surface area contributed by atoms with Gasteiger partial charge in [0.05, 0.1) is 17.6 Å². The first-order valence-corrected chi connectivity index (χ1v) is 10.9. The first-order valence-electron chi connectivity index (χ1n) is 10.9. The van der Waals surface area contributed by atoms with Crippen LogP contribution in [0.4, 0.5) is 0 Å². The van der Waals surface area contributed by atoms with Crippen LogP contribution in [0.25, 0.3) is 0 Å². The Hall–Kier alpha value is -1.48. The Balaban J connectivity index is 1.73. The molecule has 0 radical (unpaired) electrons. The van der Waals surface area contributed by atoms with Crippen molar-refractivity contribution in [3.05, 3.63) is 34.9 Å². The fourth-order valence-electron chi connectivity index (χ4n) is 6.91. The molecule has 1 heterocycles. The van der Waals surface area contributed by atoms with Crippen LogP contribution in [0.15, 0.2) is 34.9 Å². The average molecular weight is 383 g/mol. The number of carbonyl (C=O) groups is 2.